The smallest absolute Gasteiger partial charge is 0.118 e. The van der Waals surface area contributed by atoms with Crippen molar-refractivity contribution < 1.29 is 10.0 Å². The molecule has 1 unspecified atom stereocenters. The summed E-state index contributed by atoms with van der Waals surface area (Å²) in [7, 11) is 0. The number of benzene rings is 1. The van der Waals surface area contributed by atoms with Crippen LogP contribution in [0.15, 0.2) is 28.5 Å². The third-order valence-electron chi connectivity index (χ3n) is 6.99. The maximum atomic E-state index is 9.80. The summed E-state index contributed by atoms with van der Waals surface area (Å²) in [4.78, 5) is 5.43. The first-order chi connectivity index (χ1) is 13.4. The molecule has 0 aromatic heterocycles. The van der Waals surface area contributed by atoms with Gasteiger partial charge in [0.2, 0.25) is 0 Å². The van der Waals surface area contributed by atoms with Crippen LogP contribution >= 0.6 is 0 Å². The second-order valence-corrected chi connectivity index (χ2v) is 9.25. The normalized spacial score (nSPS) is 31.2. The lowest BCUT2D eigenvalue weighted by Gasteiger charge is -2.54. The van der Waals surface area contributed by atoms with Gasteiger partial charge in [0.1, 0.15) is 6.61 Å². The van der Waals surface area contributed by atoms with E-state index < -0.39 is 0 Å². The molecule has 0 bridgehead atoms. The molecule has 1 aromatic rings. The Morgan fingerprint density at radius 1 is 1.32 bits per heavy atom. The van der Waals surface area contributed by atoms with Gasteiger partial charge in [-0.2, -0.15) is 0 Å². The van der Waals surface area contributed by atoms with Crippen molar-refractivity contribution in [3.05, 3.63) is 34.9 Å². The van der Waals surface area contributed by atoms with Gasteiger partial charge >= 0.3 is 0 Å². The first-order valence-electron chi connectivity index (χ1n) is 10.6. The predicted molar refractivity (Wildman–Crippen MR) is 114 cm³/mol. The minimum atomic E-state index is -0.0972. The standard InChI is InChI=1S/C23H35N3O2/c1-16(2)17-7-8-19-18(13-17)20(26-27)14-21-22(3,9-5-10-23(19,21)4)15-25-28-12-6-11-24/h7-8,13,15-16,21,27H,5-6,9-12,14,24H2,1-4H3/b25-15+,26-20+/t21?,22-,23-/m1/s1. The Morgan fingerprint density at radius 2 is 2.11 bits per heavy atom. The maximum absolute atomic E-state index is 9.80. The molecule has 0 saturated heterocycles. The molecule has 1 aromatic carbocycles. The number of hydrogen-bond acceptors (Lipinski definition) is 5. The molecule has 1 fully saturated rings. The van der Waals surface area contributed by atoms with E-state index in [1.54, 1.807) is 0 Å². The minimum Gasteiger partial charge on any atom is -0.411 e. The van der Waals surface area contributed by atoms with Crippen molar-refractivity contribution in [2.45, 2.75) is 71.1 Å². The zero-order chi connectivity index (χ0) is 20.4. The van der Waals surface area contributed by atoms with Gasteiger partial charge in [0.25, 0.3) is 0 Å². The van der Waals surface area contributed by atoms with Gasteiger partial charge in [0.05, 0.1) is 5.71 Å². The number of hydrogen-bond donors (Lipinski definition) is 2. The van der Waals surface area contributed by atoms with Crippen molar-refractivity contribution in [1.29, 1.82) is 0 Å². The number of oxime groups is 2. The first kappa shape index (κ1) is 20.8. The average molecular weight is 386 g/mol. The highest BCUT2D eigenvalue weighted by atomic mass is 16.6. The van der Waals surface area contributed by atoms with E-state index in [0.717, 1.165) is 43.4 Å². The second kappa shape index (κ2) is 8.24. The quantitative estimate of drug-likeness (QED) is 0.319. The van der Waals surface area contributed by atoms with Crippen molar-refractivity contribution in [3.63, 3.8) is 0 Å². The lowest BCUT2D eigenvalue weighted by Crippen LogP contribution is -2.51. The summed E-state index contributed by atoms with van der Waals surface area (Å²) in [5, 5.41) is 17.8. The number of nitrogens with two attached hydrogens (primary N) is 1. The molecule has 5 heteroatoms. The third-order valence-corrected chi connectivity index (χ3v) is 6.99. The predicted octanol–water partition coefficient (Wildman–Crippen LogP) is 4.81. The van der Waals surface area contributed by atoms with Crippen LogP contribution in [-0.4, -0.2) is 30.3 Å². The summed E-state index contributed by atoms with van der Waals surface area (Å²) >= 11 is 0. The molecule has 3 atom stereocenters. The molecule has 0 radical (unpaired) electrons. The largest absolute Gasteiger partial charge is 0.411 e. The van der Waals surface area contributed by atoms with Gasteiger partial charge in [-0.25, -0.2) is 0 Å². The van der Waals surface area contributed by atoms with Gasteiger partial charge in [-0.05, 0) is 66.7 Å². The molecule has 0 amide bonds. The zero-order valence-corrected chi connectivity index (χ0v) is 17.7. The highest BCUT2D eigenvalue weighted by molar-refractivity contribution is 6.03. The molecular formula is C23H35N3O2. The third kappa shape index (κ3) is 3.69. The van der Waals surface area contributed by atoms with Crippen molar-refractivity contribution in [2.24, 2.45) is 27.4 Å². The lowest BCUT2D eigenvalue weighted by atomic mass is 9.50. The van der Waals surface area contributed by atoms with Gasteiger partial charge in [-0.3, -0.25) is 0 Å². The van der Waals surface area contributed by atoms with Crippen LogP contribution in [0.3, 0.4) is 0 Å². The van der Waals surface area contributed by atoms with Crippen molar-refractivity contribution in [1.82, 2.24) is 0 Å². The fourth-order valence-electron chi connectivity index (χ4n) is 5.26. The van der Waals surface area contributed by atoms with Crippen LogP contribution in [0, 0.1) is 11.3 Å². The van der Waals surface area contributed by atoms with Gasteiger partial charge in [-0.1, -0.05) is 56.6 Å². The van der Waals surface area contributed by atoms with Crippen LogP contribution in [0.2, 0.25) is 0 Å². The van der Waals surface area contributed by atoms with Crippen LogP contribution in [0.25, 0.3) is 0 Å². The van der Waals surface area contributed by atoms with Crippen LogP contribution in [0.4, 0.5) is 0 Å². The molecule has 1 saturated carbocycles. The van der Waals surface area contributed by atoms with E-state index in [4.69, 9.17) is 10.6 Å². The van der Waals surface area contributed by atoms with E-state index in [0.29, 0.717) is 25.0 Å². The summed E-state index contributed by atoms with van der Waals surface area (Å²) < 4.78 is 0. The Morgan fingerprint density at radius 3 is 2.79 bits per heavy atom. The summed E-state index contributed by atoms with van der Waals surface area (Å²) in [5.41, 5.74) is 9.97. The van der Waals surface area contributed by atoms with Crippen molar-refractivity contribution in [3.8, 4) is 0 Å². The molecule has 5 nitrogen and oxygen atoms in total. The lowest BCUT2D eigenvalue weighted by molar-refractivity contribution is 0.0899. The van der Waals surface area contributed by atoms with E-state index >= 15 is 0 Å². The number of fused-ring (bicyclic) bond motifs is 3. The molecule has 3 rings (SSSR count). The molecule has 2 aliphatic carbocycles. The van der Waals surface area contributed by atoms with E-state index in [1.165, 1.54) is 11.1 Å². The second-order valence-electron chi connectivity index (χ2n) is 9.25. The van der Waals surface area contributed by atoms with E-state index in [2.05, 4.69) is 56.2 Å². The summed E-state index contributed by atoms with van der Waals surface area (Å²) in [6, 6.07) is 6.73. The number of nitrogens with zero attached hydrogens (tertiary/aromatic N) is 2. The Hall–Kier alpha value is -1.88. The molecular weight excluding hydrogens is 350 g/mol. The molecule has 28 heavy (non-hydrogen) atoms. The van der Waals surface area contributed by atoms with E-state index in [1.807, 2.05) is 6.21 Å². The highest BCUT2D eigenvalue weighted by Crippen LogP contribution is 2.56. The first-order valence-corrected chi connectivity index (χ1v) is 10.6. The summed E-state index contributed by atoms with van der Waals surface area (Å²) in [5.74, 6) is 0.768. The monoisotopic (exact) mass is 385 g/mol. The molecule has 3 N–H and O–H groups in total. The van der Waals surface area contributed by atoms with Crippen molar-refractivity contribution >= 4 is 11.9 Å². The SMILES string of the molecule is CC(C)c1ccc2c(c1)/C(=N/O)CC1[C@@](C)(/C=N/OCCCN)CCC[C@]21C. The Bertz CT molecular complexity index is 758. The molecule has 0 spiro atoms. The van der Waals surface area contributed by atoms with Crippen LogP contribution in [-0.2, 0) is 10.3 Å². The fourth-order valence-corrected chi connectivity index (χ4v) is 5.26. The molecule has 0 aliphatic heterocycles. The molecule has 2 aliphatic rings. The summed E-state index contributed by atoms with van der Waals surface area (Å²) in [6.45, 7) is 10.2. The number of rotatable bonds is 6. The topological polar surface area (TPSA) is 80.2 Å². The Labute approximate surface area is 169 Å². The fraction of sp³-hybridized carbons (Fsp3) is 0.652. The zero-order valence-electron chi connectivity index (χ0n) is 17.7. The van der Waals surface area contributed by atoms with Gasteiger partial charge in [0.15, 0.2) is 0 Å². The average Bonchev–Trinajstić information content (AvgIpc) is 2.67. The maximum Gasteiger partial charge on any atom is 0.118 e. The minimum absolute atomic E-state index is 0.0370. The van der Waals surface area contributed by atoms with Crippen LogP contribution < -0.4 is 5.73 Å². The summed E-state index contributed by atoms with van der Waals surface area (Å²) in [6.07, 6.45) is 6.91. The van der Waals surface area contributed by atoms with Gasteiger partial charge < -0.3 is 15.8 Å². The molecule has 154 valence electrons. The van der Waals surface area contributed by atoms with E-state index in [-0.39, 0.29) is 10.8 Å². The highest BCUT2D eigenvalue weighted by Gasteiger charge is 2.53. The van der Waals surface area contributed by atoms with Crippen LogP contribution in [0.5, 0.6) is 0 Å². The van der Waals surface area contributed by atoms with Gasteiger partial charge in [0, 0.05) is 17.2 Å². The van der Waals surface area contributed by atoms with Crippen LogP contribution in [0.1, 0.15) is 82.4 Å². The van der Waals surface area contributed by atoms with Crippen molar-refractivity contribution in [2.75, 3.05) is 13.2 Å². The Balaban J connectivity index is 1.98. The Kier molecular flexibility index (Phi) is 6.13. The van der Waals surface area contributed by atoms with E-state index in [9.17, 15) is 5.21 Å². The van der Waals surface area contributed by atoms with Gasteiger partial charge in [-0.15, -0.1) is 0 Å². The molecule has 0 heterocycles.